The fraction of sp³-hybridized carbons (Fsp3) is 0.263. The minimum atomic E-state index is 0.811. The molecule has 2 N–H and O–H groups in total. The Morgan fingerprint density at radius 1 is 0.857 bits per heavy atom. The van der Waals surface area contributed by atoms with Crippen molar-refractivity contribution in [3.8, 4) is 5.69 Å². The zero-order valence-electron chi connectivity index (χ0n) is 13.7. The molecule has 112 valence electrons. The van der Waals surface area contributed by atoms with E-state index >= 15 is 0 Å². The molecule has 3 rings (SSSR count). The summed E-state index contributed by atoms with van der Waals surface area (Å²) in [5.74, 6) is 0. The first kappa shape index (κ1) is 16.8. The van der Waals surface area contributed by atoms with E-state index in [-0.39, 0.29) is 0 Å². The second-order valence-electron chi connectivity index (χ2n) is 4.29. The summed E-state index contributed by atoms with van der Waals surface area (Å²) in [5.41, 5.74) is 10.3. The first-order chi connectivity index (χ1) is 10.3. The van der Waals surface area contributed by atoms with Crippen molar-refractivity contribution in [2.24, 2.45) is 0 Å². The summed E-state index contributed by atoms with van der Waals surface area (Å²) in [6.45, 7) is 10.1. The van der Waals surface area contributed by atoms with E-state index in [9.17, 15) is 0 Å². The molecule has 0 atom stereocenters. The summed E-state index contributed by atoms with van der Waals surface area (Å²) in [6, 6.07) is 16.5. The van der Waals surface area contributed by atoms with Crippen LogP contribution in [0.5, 0.6) is 0 Å². The van der Waals surface area contributed by atoms with Gasteiger partial charge in [0.25, 0.3) is 0 Å². The van der Waals surface area contributed by atoms with Crippen molar-refractivity contribution in [2.45, 2.75) is 34.6 Å². The molecule has 2 nitrogen and oxygen atoms in total. The molecular weight excluding hydrogens is 256 g/mol. The van der Waals surface area contributed by atoms with Crippen molar-refractivity contribution in [3.63, 3.8) is 0 Å². The number of anilines is 1. The van der Waals surface area contributed by atoms with Gasteiger partial charge in [-0.1, -0.05) is 45.9 Å². The number of para-hydroxylation sites is 1. The predicted octanol–water partition coefficient (Wildman–Crippen LogP) is 5.57. The summed E-state index contributed by atoms with van der Waals surface area (Å²) in [4.78, 5) is 0. The number of nitrogens with two attached hydrogens (primary N) is 1. The third kappa shape index (κ3) is 3.66. The summed E-state index contributed by atoms with van der Waals surface area (Å²) in [7, 11) is 0. The van der Waals surface area contributed by atoms with Gasteiger partial charge in [0, 0.05) is 23.0 Å². The summed E-state index contributed by atoms with van der Waals surface area (Å²) >= 11 is 0. The molecule has 0 saturated heterocycles. The van der Waals surface area contributed by atoms with Crippen LogP contribution in [0, 0.1) is 6.92 Å². The highest BCUT2D eigenvalue weighted by atomic mass is 15.0. The minimum absolute atomic E-state index is 0.811. The summed E-state index contributed by atoms with van der Waals surface area (Å²) in [5, 5.41) is 1.25. The molecule has 0 aliphatic carbocycles. The van der Waals surface area contributed by atoms with Gasteiger partial charge in [-0.2, -0.15) is 0 Å². The van der Waals surface area contributed by atoms with Crippen LogP contribution >= 0.6 is 0 Å². The fourth-order valence-electron chi connectivity index (χ4n) is 2.27. The van der Waals surface area contributed by atoms with Gasteiger partial charge in [0.2, 0.25) is 0 Å². The molecule has 0 aliphatic rings. The number of aromatic nitrogens is 1. The first-order valence-electron chi connectivity index (χ1n) is 7.68. The number of rotatable bonds is 1. The third-order valence-corrected chi connectivity index (χ3v) is 3.07. The van der Waals surface area contributed by atoms with Crippen LogP contribution < -0.4 is 5.73 Å². The monoisotopic (exact) mass is 282 g/mol. The van der Waals surface area contributed by atoms with Gasteiger partial charge >= 0.3 is 0 Å². The van der Waals surface area contributed by atoms with Crippen LogP contribution in [0.4, 0.5) is 5.69 Å². The molecular formula is C19H26N2. The molecule has 0 spiro atoms. The second-order valence-corrected chi connectivity index (χ2v) is 4.29. The highest BCUT2D eigenvalue weighted by Gasteiger charge is 2.05. The molecule has 3 aromatic rings. The zero-order chi connectivity index (χ0) is 15.8. The Balaban J connectivity index is 0.000000510. The average Bonchev–Trinajstić information content (AvgIpc) is 2.96. The number of nitrogens with zero attached hydrogens (tertiary/aromatic N) is 1. The van der Waals surface area contributed by atoms with E-state index in [1.54, 1.807) is 0 Å². The SMILES string of the molecule is CC.CC.Cc1cc(N)cc2c1ccn2-c1ccccc1. The Labute approximate surface area is 128 Å². The smallest absolute Gasteiger partial charge is 0.0551 e. The molecule has 0 bridgehead atoms. The topological polar surface area (TPSA) is 30.9 Å². The van der Waals surface area contributed by atoms with Crippen LogP contribution in [-0.2, 0) is 0 Å². The van der Waals surface area contributed by atoms with Gasteiger partial charge in [-0.3, -0.25) is 0 Å². The van der Waals surface area contributed by atoms with Crippen LogP contribution in [0.1, 0.15) is 33.3 Å². The number of hydrogen-bond donors (Lipinski definition) is 1. The van der Waals surface area contributed by atoms with Crippen LogP contribution in [0.3, 0.4) is 0 Å². The van der Waals surface area contributed by atoms with Crippen molar-refractivity contribution >= 4 is 16.6 Å². The molecule has 0 aliphatic heterocycles. The summed E-state index contributed by atoms with van der Waals surface area (Å²) < 4.78 is 2.17. The molecule has 1 aromatic heterocycles. The quantitative estimate of drug-likeness (QED) is 0.581. The number of benzene rings is 2. The maximum absolute atomic E-state index is 5.92. The standard InChI is InChI=1S/C15H14N2.2C2H6/c1-11-9-12(16)10-15-14(11)7-8-17(15)13-5-3-2-4-6-13;2*1-2/h2-10H,16H2,1H3;2*1-2H3. The lowest BCUT2D eigenvalue weighted by Gasteiger charge is -2.06. The van der Waals surface area contributed by atoms with E-state index < -0.39 is 0 Å². The molecule has 0 unspecified atom stereocenters. The van der Waals surface area contributed by atoms with Crippen LogP contribution in [0.2, 0.25) is 0 Å². The average molecular weight is 282 g/mol. The van der Waals surface area contributed by atoms with E-state index in [1.165, 1.54) is 10.9 Å². The zero-order valence-corrected chi connectivity index (χ0v) is 13.7. The number of fused-ring (bicyclic) bond motifs is 1. The van der Waals surface area contributed by atoms with Gasteiger partial charge in [-0.05, 0) is 42.8 Å². The Hall–Kier alpha value is -2.22. The molecule has 21 heavy (non-hydrogen) atoms. The molecule has 1 heterocycles. The normalized spacial score (nSPS) is 9.38. The van der Waals surface area contributed by atoms with E-state index in [0.29, 0.717) is 0 Å². The molecule has 0 saturated carbocycles. The largest absolute Gasteiger partial charge is 0.399 e. The van der Waals surface area contributed by atoms with Crippen molar-refractivity contribution in [2.75, 3.05) is 5.73 Å². The number of nitrogen functional groups attached to an aromatic ring is 1. The Morgan fingerprint density at radius 2 is 1.48 bits per heavy atom. The Kier molecular flexibility index (Phi) is 6.54. The number of hydrogen-bond acceptors (Lipinski definition) is 1. The van der Waals surface area contributed by atoms with Crippen molar-refractivity contribution in [1.82, 2.24) is 4.57 Å². The highest BCUT2D eigenvalue weighted by molar-refractivity contribution is 5.88. The highest BCUT2D eigenvalue weighted by Crippen LogP contribution is 2.25. The van der Waals surface area contributed by atoms with Crippen molar-refractivity contribution in [1.29, 1.82) is 0 Å². The molecule has 0 amide bonds. The lowest BCUT2D eigenvalue weighted by molar-refractivity contribution is 1.13. The van der Waals surface area contributed by atoms with Gasteiger partial charge in [-0.15, -0.1) is 0 Å². The van der Waals surface area contributed by atoms with Gasteiger partial charge in [-0.25, -0.2) is 0 Å². The molecule has 2 aromatic carbocycles. The molecule has 0 radical (unpaired) electrons. The first-order valence-corrected chi connectivity index (χ1v) is 7.68. The maximum atomic E-state index is 5.92. The Bertz CT molecular complexity index is 667. The van der Waals surface area contributed by atoms with E-state index in [4.69, 9.17) is 5.73 Å². The van der Waals surface area contributed by atoms with Gasteiger partial charge < -0.3 is 10.3 Å². The third-order valence-electron chi connectivity index (χ3n) is 3.07. The minimum Gasteiger partial charge on any atom is -0.399 e. The van der Waals surface area contributed by atoms with Crippen molar-refractivity contribution < 1.29 is 0 Å². The van der Waals surface area contributed by atoms with Crippen molar-refractivity contribution in [3.05, 3.63) is 60.3 Å². The van der Waals surface area contributed by atoms with Crippen LogP contribution in [-0.4, -0.2) is 4.57 Å². The van der Waals surface area contributed by atoms with E-state index in [0.717, 1.165) is 16.9 Å². The van der Waals surface area contributed by atoms with Crippen LogP contribution in [0.25, 0.3) is 16.6 Å². The maximum Gasteiger partial charge on any atom is 0.0551 e. The Morgan fingerprint density at radius 3 is 2.10 bits per heavy atom. The molecule has 0 fully saturated rings. The van der Waals surface area contributed by atoms with Crippen LogP contribution in [0.15, 0.2) is 54.7 Å². The van der Waals surface area contributed by atoms with Gasteiger partial charge in [0.05, 0.1) is 5.52 Å². The number of aryl methyl sites for hydroxylation is 1. The molecule has 2 heteroatoms. The lowest BCUT2D eigenvalue weighted by Crippen LogP contribution is -1.93. The van der Waals surface area contributed by atoms with E-state index in [2.05, 4.69) is 35.9 Å². The van der Waals surface area contributed by atoms with E-state index in [1.807, 2.05) is 58.0 Å². The predicted molar refractivity (Wildman–Crippen MR) is 95.1 cm³/mol. The fourth-order valence-corrected chi connectivity index (χ4v) is 2.27. The summed E-state index contributed by atoms with van der Waals surface area (Å²) in [6.07, 6.45) is 2.09. The lowest BCUT2D eigenvalue weighted by atomic mass is 10.1. The van der Waals surface area contributed by atoms with Gasteiger partial charge in [0.15, 0.2) is 0 Å². The van der Waals surface area contributed by atoms with Gasteiger partial charge in [0.1, 0.15) is 0 Å². The second kappa shape index (κ2) is 8.15.